The van der Waals surface area contributed by atoms with Crippen molar-refractivity contribution in [3.05, 3.63) is 77.6 Å². The summed E-state index contributed by atoms with van der Waals surface area (Å²) < 4.78 is 31.1. The Morgan fingerprint density at radius 3 is 2.78 bits per heavy atom. The Hall–Kier alpha value is -4.22. The molecular formula is C25H26F2N8O2. The Balaban J connectivity index is 1.47. The average Bonchev–Trinajstić information content (AvgIpc) is 3.62. The molecule has 0 bridgehead atoms. The lowest BCUT2D eigenvalue weighted by molar-refractivity contribution is -0.138. The SMILES string of the molecule is CC(C)c1ccc(C(NC(=O)C2CC(F)CN2C(=O)Cc2cnn[nH]2)c2ncc3ccccn23)nc1F. The minimum Gasteiger partial charge on any atom is -0.339 e. The van der Waals surface area contributed by atoms with Crippen LogP contribution in [0.3, 0.4) is 0 Å². The highest BCUT2D eigenvalue weighted by molar-refractivity contribution is 5.89. The highest BCUT2D eigenvalue weighted by Crippen LogP contribution is 2.27. The van der Waals surface area contributed by atoms with E-state index in [-0.39, 0.29) is 31.0 Å². The quantitative estimate of drug-likeness (QED) is 0.370. The van der Waals surface area contributed by atoms with Gasteiger partial charge in [-0.05, 0) is 24.1 Å². The van der Waals surface area contributed by atoms with Crippen LogP contribution in [0.4, 0.5) is 8.78 Å². The highest BCUT2D eigenvalue weighted by atomic mass is 19.1. The Morgan fingerprint density at radius 1 is 1.22 bits per heavy atom. The van der Waals surface area contributed by atoms with Crippen LogP contribution in [0.15, 0.2) is 48.9 Å². The Morgan fingerprint density at radius 2 is 2.05 bits per heavy atom. The van der Waals surface area contributed by atoms with Crippen LogP contribution >= 0.6 is 0 Å². The van der Waals surface area contributed by atoms with Crippen molar-refractivity contribution in [2.75, 3.05) is 6.54 Å². The van der Waals surface area contributed by atoms with Gasteiger partial charge in [-0.25, -0.2) is 14.4 Å². The molecule has 0 radical (unpaired) electrons. The summed E-state index contributed by atoms with van der Waals surface area (Å²) in [6, 6.07) is 6.80. The van der Waals surface area contributed by atoms with E-state index in [2.05, 4.69) is 30.7 Å². The first-order valence-electron chi connectivity index (χ1n) is 12.0. The van der Waals surface area contributed by atoms with Gasteiger partial charge in [0.1, 0.15) is 24.1 Å². The fourth-order valence-corrected chi connectivity index (χ4v) is 4.62. The monoisotopic (exact) mass is 508 g/mol. The van der Waals surface area contributed by atoms with Gasteiger partial charge in [-0.1, -0.05) is 31.2 Å². The molecule has 5 rings (SSSR count). The highest BCUT2D eigenvalue weighted by Gasteiger charge is 2.41. The normalized spacial score (nSPS) is 18.5. The molecule has 0 aromatic carbocycles. The van der Waals surface area contributed by atoms with E-state index >= 15 is 0 Å². The van der Waals surface area contributed by atoms with Gasteiger partial charge >= 0.3 is 0 Å². The molecule has 12 heteroatoms. The van der Waals surface area contributed by atoms with E-state index < -0.39 is 36.0 Å². The van der Waals surface area contributed by atoms with E-state index in [1.807, 2.05) is 32.0 Å². The third-order valence-electron chi connectivity index (χ3n) is 6.51. The number of hydrogen-bond acceptors (Lipinski definition) is 6. The number of fused-ring (bicyclic) bond motifs is 1. The van der Waals surface area contributed by atoms with Crippen molar-refractivity contribution in [3.8, 4) is 0 Å². The summed E-state index contributed by atoms with van der Waals surface area (Å²) in [4.78, 5) is 36.3. The van der Waals surface area contributed by atoms with Crippen LogP contribution in [-0.2, 0) is 16.0 Å². The summed E-state index contributed by atoms with van der Waals surface area (Å²) in [7, 11) is 0. The number of amides is 2. The van der Waals surface area contributed by atoms with Crippen LogP contribution in [0.1, 0.15) is 55.0 Å². The molecule has 0 spiro atoms. The predicted molar refractivity (Wildman–Crippen MR) is 129 cm³/mol. The van der Waals surface area contributed by atoms with E-state index in [4.69, 9.17) is 0 Å². The second-order valence-corrected chi connectivity index (χ2v) is 9.38. The Bertz CT molecular complexity index is 1420. The van der Waals surface area contributed by atoms with Gasteiger partial charge in [0.05, 0.1) is 42.3 Å². The fraction of sp³-hybridized carbons (Fsp3) is 0.360. The predicted octanol–water partition coefficient (Wildman–Crippen LogP) is 2.50. The summed E-state index contributed by atoms with van der Waals surface area (Å²) >= 11 is 0. The summed E-state index contributed by atoms with van der Waals surface area (Å²) in [5, 5.41) is 12.7. The minimum absolute atomic E-state index is 0.0773. The van der Waals surface area contributed by atoms with Crippen molar-refractivity contribution >= 4 is 17.3 Å². The maximum atomic E-state index is 14.9. The number of aromatic nitrogens is 6. The van der Waals surface area contributed by atoms with E-state index in [9.17, 15) is 18.4 Å². The molecule has 0 aliphatic carbocycles. The molecule has 4 aromatic heterocycles. The molecule has 3 atom stereocenters. The average molecular weight is 509 g/mol. The number of rotatable bonds is 7. The molecule has 37 heavy (non-hydrogen) atoms. The fourth-order valence-electron chi connectivity index (χ4n) is 4.62. The summed E-state index contributed by atoms with van der Waals surface area (Å²) in [5.74, 6) is -1.32. The maximum Gasteiger partial charge on any atom is 0.243 e. The number of carbonyl (C=O) groups is 2. The van der Waals surface area contributed by atoms with Crippen molar-refractivity contribution in [1.29, 1.82) is 0 Å². The standard InChI is InChI=1S/C25H26F2N8O2/c1-14(2)18-6-7-19(30-23(18)27)22(24-28-12-17-5-3-4-8-34(17)24)31-25(37)20-9-15(26)13-35(20)21(36)10-16-11-29-33-32-16/h3-8,11-12,14-15,20,22H,9-10,13H2,1-2H3,(H,31,37)(H,29,32,33). The maximum absolute atomic E-state index is 14.9. The molecule has 3 unspecified atom stereocenters. The van der Waals surface area contributed by atoms with E-state index in [1.54, 1.807) is 28.9 Å². The zero-order valence-electron chi connectivity index (χ0n) is 20.3. The smallest absolute Gasteiger partial charge is 0.243 e. The van der Waals surface area contributed by atoms with Crippen molar-refractivity contribution in [1.82, 2.24) is 40.0 Å². The number of likely N-dealkylation sites (tertiary alicyclic amines) is 1. The second kappa shape index (κ2) is 10.0. The van der Waals surface area contributed by atoms with Crippen LogP contribution in [0, 0.1) is 5.95 Å². The molecule has 10 nitrogen and oxygen atoms in total. The van der Waals surface area contributed by atoms with Crippen molar-refractivity contribution in [2.24, 2.45) is 0 Å². The van der Waals surface area contributed by atoms with Gasteiger partial charge in [-0.3, -0.25) is 14.7 Å². The van der Waals surface area contributed by atoms with Crippen LogP contribution in [-0.4, -0.2) is 65.3 Å². The first-order chi connectivity index (χ1) is 17.8. The zero-order valence-corrected chi connectivity index (χ0v) is 20.3. The lowest BCUT2D eigenvalue weighted by Gasteiger charge is -2.26. The number of carbonyl (C=O) groups excluding carboxylic acids is 2. The topological polar surface area (TPSA) is 121 Å². The van der Waals surface area contributed by atoms with E-state index in [0.29, 0.717) is 17.1 Å². The van der Waals surface area contributed by atoms with Crippen LogP contribution in [0.5, 0.6) is 0 Å². The molecule has 1 aliphatic rings. The van der Waals surface area contributed by atoms with Gasteiger partial charge in [-0.15, -0.1) is 5.10 Å². The molecule has 2 N–H and O–H groups in total. The third-order valence-corrected chi connectivity index (χ3v) is 6.51. The third kappa shape index (κ3) is 4.91. The first kappa shape index (κ1) is 24.5. The van der Waals surface area contributed by atoms with Crippen molar-refractivity contribution < 1.29 is 18.4 Å². The number of hydrogen-bond donors (Lipinski definition) is 2. The van der Waals surface area contributed by atoms with Crippen molar-refractivity contribution in [2.45, 2.75) is 50.9 Å². The number of nitrogens with zero attached hydrogens (tertiary/aromatic N) is 6. The number of pyridine rings is 2. The molecule has 1 fully saturated rings. The summed E-state index contributed by atoms with van der Waals surface area (Å²) in [5.41, 5.74) is 1.91. The molecule has 5 heterocycles. The molecule has 2 amide bonds. The zero-order chi connectivity index (χ0) is 26.1. The van der Waals surface area contributed by atoms with Gasteiger partial charge in [0, 0.05) is 18.2 Å². The first-order valence-corrected chi connectivity index (χ1v) is 12.0. The molecular weight excluding hydrogens is 482 g/mol. The molecule has 4 aromatic rings. The second-order valence-electron chi connectivity index (χ2n) is 9.38. The van der Waals surface area contributed by atoms with Gasteiger partial charge < -0.3 is 14.6 Å². The van der Waals surface area contributed by atoms with E-state index in [0.717, 1.165) is 5.52 Å². The molecule has 0 saturated carbocycles. The number of imidazole rings is 1. The van der Waals surface area contributed by atoms with E-state index in [1.165, 1.54) is 11.1 Å². The molecule has 1 aliphatic heterocycles. The Labute approximate surface area is 211 Å². The van der Waals surface area contributed by atoms with Gasteiger partial charge in [0.25, 0.3) is 0 Å². The molecule has 1 saturated heterocycles. The number of alkyl halides is 1. The Kier molecular flexibility index (Phi) is 6.64. The lowest BCUT2D eigenvalue weighted by Crippen LogP contribution is -2.47. The summed E-state index contributed by atoms with van der Waals surface area (Å²) in [6.07, 6.45) is 3.21. The lowest BCUT2D eigenvalue weighted by atomic mass is 10.0. The minimum atomic E-state index is -1.36. The van der Waals surface area contributed by atoms with Gasteiger partial charge in [0.2, 0.25) is 17.8 Å². The number of H-pyrrole nitrogens is 1. The number of nitrogens with one attached hydrogen (secondary N) is 2. The molecule has 192 valence electrons. The number of aromatic amines is 1. The van der Waals surface area contributed by atoms with Gasteiger partial charge in [-0.2, -0.15) is 4.39 Å². The van der Waals surface area contributed by atoms with Crippen molar-refractivity contribution in [3.63, 3.8) is 0 Å². The van der Waals surface area contributed by atoms with Crippen LogP contribution in [0.25, 0.3) is 5.52 Å². The number of halogens is 2. The largest absolute Gasteiger partial charge is 0.339 e. The summed E-state index contributed by atoms with van der Waals surface area (Å²) in [6.45, 7) is 3.52. The van der Waals surface area contributed by atoms with Crippen LogP contribution < -0.4 is 5.32 Å². The van der Waals surface area contributed by atoms with Gasteiger partial charge in [0.15, 0.2) is 0 Å². The van der Waals surface area contributed by atoms with Crippen LogP contribution in [0.2, 0.25) is 0 Å².